The summed E-state index contributed by atoms with van der Waals surface area (Å²) in [6.45, 7) is 6.41. The van der Waals surface area contributed by atoms with Gasteiger partial charge in [-0.2, -0.15) is 0 Å². The minimum Gasteiger partial charge on any atom is -0.492 e. The first-order chi connectivity index (χ1) is 20.1. The van der Waals surface area contributed by atoms with E-state index in [2.05, 4.69) is 58.2 Å². The maximum atomic E-state index is 13.0. The SMILES string of the molecule is CN(Cc1ccc(OCCN2CCN(C(=O)[C@@H]3COc4ccccc4O3)CC2)cc1)Cc1ccc2ncccc2c1. The van der Waals surface area contributed by atoms with Crippen molar-refractivity contribution in [3.8, 4) is 17.2 Å². The summed E-state index contributed by atoms with van der Waals surface area (Å²) in [5, 5.41) is 1.17. The standard InChI is InChI=1S/C33H36N4O4/c1-35(23-26-10-13-29-27(21-26)5-4-14-34-29)22-25-8-11-28(12-9-25)39-20-19-36-15-17-37(18-16-36)33(38)32-24-40-30-6-2-3-7-31(30)41-32/h2-14,21,32H,15-20,22-24H2,1H3/t32-/m0/s1. The Morgan fingerprint density at radius 2 is 1.68 bits per heavy atom. The fraction of sp³-hybridized carbons (Fsp3) is 0.333. The third kappa shape index (κ3) is 6.78. The molecule has 3 aromatic carbocycles. The number of nitrogens with zero attached hydrogens (tertiary/aromatic N) is 4. The van der Waals surface area contributed by atoms with E-state index in [0.717, 1.165) is 44.0 Å². The van der Waals surface area contributed by atoms with Gasteiger partial charge in [0.15, 0.2) is 11.5 Å². The van der Waals surface area contributed by atoms with Crippen LogP contribution in [0.4, 0.5) is 0 Å². The normalized spacial score (nSPS) is 17.1. The molecule has 1 fully saturated rings. The van der Waals surface area contributed by atoms with Crippen molar-refractivity contribution in [2.45, 2.75) is 19.2 Å². The second-order valence-corrected chi connectivity index (χ2v) is 10.7. The summed E-state index contributed by atoms with van der Waals surface area (Å²) in [6, 6.07) is 26.4. The lowest BCUT2D eigenvalue weighted by molar-refractivity contribution is -0.143. The van der Waals surface area contributed by atoms with Gasteiger partial charge < -0.3 is 19.1 Å². The molecule has 1 amide bonds. The largest absolute Gasteiger partial charge is 0.492 e. The van der Waals surface area contributed by atoms with E-state index in [1.165, 1.54) is 16.5 Å². The van der Waals surface area contributed by atoms with E-state index >= 15 is 0 Å². The van der Waals surface area contributed by atoms with Gasteiger partial charge in [-0.25, -0.2) is 0 Å². The Kier molecular flexibility index (Phi) is 8.30. The van der Waals surface area contributed by atoms with Crippen LogP contribution < -0.4 is 14.2 Å². The molecule has 8 heteroatoms. The Bertz CT molecular complexity index is 1470. The van der Waals surface area contributed by atoms with Crippen LogP contribution in [0.25, 0.3) is 10.9 Å². The highest BCUT2D eigenvalue weighted by atomic mass is 16.6. The predicted octanol–water partition coefficient (Wildman–Crippen LogP) is 4.23. The zero-order valence-corrected chi connectivity index (χ0v) is 23.4. The fourth-order valence-corrected chi connectivity index (χ4v) is 5.42. The number of hydrogen-bond donors (Lipinski definition) is 0. The van der Waals surface area contributed by atoms with Gasteiger partial charge in [-0.1, -0.05) is 36.4 Å². The van der Waals surface area contributed by atoms with Crippen LogP contribution in [0.2, 0.25) is 0 Å². The molecule has 0 unspecified atom stereocenters. The van der Waals surface area contributed by atoms with Gasteiger partial charge in [-0.05, 0) is 60.6 Å². The molecular formula is C33H36N4O4. The number of aromatic nitrogens is 1. The lowest BCUT2D eigenvalue weighted by Crippen LogP contribution is -2.54. The summed E-state index contributed by atoms with van der Waals surface area (Å²) in [5.41, 5.74) is 3.55. The molecule has 8 nitrogen and oxygen atoms in total. The molecule has 0 bridgehead atoms. The number of pyridine rings is 1. The van der Waals surface area contributed by atoms with Gasteiger partial charge in [0.25, 0.3) is 5.91 Å². The van der Waals surface area contributed by atoms with Crippen molar-refractivity contribution in [1.82, 2.24) is 19.7 Å². The Labute approximate surface area is 241 Å². The molecule has 212 valence electrons. The van der Waals surface area contributed by atoms with Gasteiger partial charge in [0, 0.05) is 57.4 Å². The predicted molar refractivity (Wildman–Crippen MR) is 158 cm³/mol. The number of hydrogen-bond acceptors (Lipinski definition) is 7. The number of carbonyl (C=O) groups excluding carboxylic acids is 1. The lowest BCUT2D eigenvalue weighted by atomic mass is 10.1. The zero-order valence-electron chi connectivity index (χ0n) is 23.4. The molecule has 1 aromatic heterocycles. The van der Waals surface area contributed by atoms with Gasteiger partial charge >= 0.3 is 0 Å². The number of amides is 1. The van der Waals surface area contributed by atoms with Crippen LogP contribution in [0, 0.1) is 0 Å². The summed E-state index contributed by atoms with van der Waals surface area (Å²) >= 11 is 0. The molecule has 0 spiro atoms. The molecule has 4 aromatic rings. The number of ether oxygens (including phenoxy) is 3. The molecule has 6 rings (SSSR count). The molecule has 2 aliphatic rings. The maximum absolute atomic E-state index is 13.0. The fourth-order valence-electron chi connectivity index (χ4n) is 5.42. The van der Waals surface area contributed by atoms with E-state index < -0.39 is 6.10 Å². The van der Waals surface area contributed by atoms with Crippen molar-refractivity contribution < 1.29 is 19.0 Å². The third-order valence-corrected chi connectivity index (χ3v) is 7.64. The van der Waals surface area contributed by atoms with Gasteiger partial charge in [0.1, 0.15) is 19.0 Å². The number of carbonyl (C=O) groups is 1. The van der Waals surface area contributed by atoms with Crippen molar-refractivity contribution in [2.75, 3.05) is 53.0 Å². The number of rotatable bonds is 9. The quantitative estimate of drug-likeness (QED) is 0.308. The van der Waals surface area contributed by atoms with Crippen LogP contribution in [0.15, 0.2) is 85.1 Å². The molecule has 0 saturated carbocycles. The number of piperazine rings is 1. The maximum Gasteiger partial charge on any atom is 0.267 e. The second-order valence-electron chi connectivity index (χ2n) is 10.7. The Hall–Kier alpha value is -4.14. The average molecular weight is 553 g/mol. The van der Waals surface area contributed by atoms with Crippen molar-refractivity contribution >= 4 is 16.8 Å². The van der Waals surface area contributed by atoms with E-state index in [1.54, 1.807) is 0 Å². The van der Waals surface area contributed by atoms with Crippen LogP contribution in [-0.2, 0) is 17.9 Å². The van der Waals surface area contributed by atoms with Crippen LogP contribution in [-0.4, -0.2) is 84.7 Å². The highest BCUT2D eigenvalue weighted by Crippen LogP contribution is 2.31. The van der Waals surface area contributed by atoms with E-state index in [9.17, 15) is 4.79 Å². The monoisotopic (exact) mass is 552 g/mol. The summed E-state index contributed by atoms with van der Waals surface area (Å²) in [7, 11) is 2.14. The van der Waals surface area contributed by atoms with Gasteiger partial charge in [-0.15, -0.1) is 0 Å². The summed E-state index contributed by atoms with van der Waals surface area (Å²) in [5.74, 6) is 2.20. The first-order valence-electron chi connectivity index (χ1n) is 14.2. The smallest absolute Gasteiger partial charge is 0.267 e. The minimum atomic E-state index is -0.584. The molecule has 41 heavy (non-hydrogen) atoms. The Balaban J connectivity index is 0.902. The molecule has 0 radical (unpaired) electrons. The first kappa shape index (κ1) is 27.1. The summed E-state index contributed by atoms with van der Waals surface area (Å²) < 4.78 is 17.7. The van der Waals surface area contributed by atoms with E-state index in [-0.39, 0.29) is 12.5 Å². The Morgan fingerprint density at radius 1 is 0.927 bits per heavy atom. The van der Waals surface area contributed by atoms with E-state index in [0.29, 0.717) is 31.2 Å². The highest BCUT2D eigenvalue weighted by Gasteiger charge is 2.32. The van der Waals surface area contributed by atoms with Gasteiger partial charge in [-0.3, -0.25) is 19.6 Å². The van der Waals surface area contributed by atoms with Crippen LogP contribution in [0.1, 0.15) is 11.1 Å². The molecule has 2 aliphatic heterocycles. The molecule has 1 saturated heterocycles. The van der Waals surface area contributed by atoms with Crippen LogP contribution in [0.3, 0.4) is 0 Å². The minimum absolute atomic E-state index is 0.00398. The van der Waals surface area contributed by atoms with Gasteiger partial charge in [0.05, 0.1) is 5.52 Å². The molecule has 1 atom stereocenters. The number of para-hydroxylation sites is 2. The van der Waals surface area contributed by atoms with Crippen molar-refractivity contribution in [3.63, 3.8) is 0 Å². The summed E-state index contributed by atoms with van der Waals surface area (Å²) in [6.07, 6.45) is 1.25. The van der Waals surface area contributed by atoms with Crippen molar-refractivity contribution in [1.29, 1.82) is 0 Å². The summed E-state index contributed by atoms with van der Waals surface area (Å²) in [4.78, 5) is 23.9. The topological polar surface area (TPSA) is 67.4 Å². The number of fused-ring (bicyclic) bond motifs is 2. The third-order valence-electron chi connectivity index (χ3n) is 7.64. The number of benzene rings is 3. The van der Waals surface area contributed by atoms with E-state index in [4.69, 9.17) is 14.2 Å². The van der Waals surface area contributed by atoms with Gasteiger partial charge in [0.2, 0.25) is 6.10 Å². The Morgan fingerprint density at radius 3 is 2.51 bits per heavy atom. The van der Waals surface area contributed by atoms with E-state index in [1.807, 2.05) is 53.6 Å². The second kappa shape index (κ2) is 12.6. The lowest BCUT2D eigenvalue weighted by Gasteiger charge is -2.37. The van der Waals surface area contributed by atoms with Crippen LogP contribution in [0.5, 0.6) is 17.2 Å². The average Bonchev–Trinajstić information content (AvgIpc) is 3.01. The van der Waals surface area contributed by atoms with Crippen LogP contribution >= 0.6 is 0 Å². The highest BCUT2D eigenvalue weighted by molar-refractivity contribution is 5.82. The van der Waals surface area contributed by atoms with Crippen molar-refractivity contribution in [3.05, 3.63) is 96.2 Å². The van der Waals surface area contributed by atoms with Crippen molar-refractivity contribution in [2.24, 2.45) is 0 Å². The molecular weight excluding hydrogens is 516 g/mol. The first-order valence-corrected chi connectivity index (χ1v) is 14.2. The zero-order chi connectivity index (χ0) is 28.0. The molecule has 3 heterocycles. The molecule has 0 N–H and O–H groups in total. The molecule has 0 aliphatic carbocycles.